The molecule has 3 nitrogen and oxygen atoms in total. The van der Waals surface area contributed by atoms with Crippen LogP contribution < -0.4 is 10.6 Å². The molecule has 1 aromatic rings. The number of hydrogen-bond acceptors (Lipinski definition) is 3. The molecular formula is C9H14N2O. The van der Waals surface area contributed by atoms with Crippen molar-refractivity contribution in [3.63, 3.8) is 0 Å². The van der Waals surface area contributed by atoms with E-state index in [4.69, 9.17) is 5.73 Å². The van der Waals surface area contributed by atoms with Crippen LogP contribution in [0, 0.1) is 0 Å². The summed E-state index contributed by atoms with van der Waals surface area (Å²) in [6.45, 7) is 3.34. The van der Waals surface area contributed by atoms with E-state index in [2.05, 4.69) is 0 Å². The van der Waals surface area contributed by atoms with Crippen molar-refractivity contribution >= 4 is 5.69 Å². The quantitative estimate of drug-likeness (QED) is 0.662. The van der Waals surface area contributed by atoms with Crippen molar-refractivity contribution in [3.8, 4) is 5.75 Å². The number of nitrogens with two attached hydrogens (primary N) is 1. The molecule has 0 fully saturated rings. The van der Waals surface area contributed by atoms with E-state index in [1.54, 1.807) is 12.1 Å². The van der Waals surface area contributed by atoms with Crippen molar-refractivity contribution < 1.29 is 5.11 Å². The molecule has 0 saturated heterocycles. The Balaban J connectivity index is 2.85. The van der Waals surface area contributed by atoms with Gasteiger partial charge >= 0.3 is 0 Å². The molecule has 66 valence electrons. The Kier molecular flexibility index (Phi) is 2.94. The van der Waals surface area contributed by atoms with Crippen molar-refractivity contribution in [2.75, 3.05) is 18.1 Å². The van der Waals surface area contributed by atoms with Gasteiger partial charge in [-0.15, -0.1) is 0 Å². The molecule has 1 rings (SSSR count). The molecule has 0 spiro atoms. The third-order valence-corrected chi connectivity index (χ3v) is 1.80. The van der Waals surface area contributed by atoms with Crippen LogP contribution in [-0.2, 0) is 0 Å². The van der Waals surface area contributed by atoms with Gasteiger partial charge in [0.2, 0.25) is 0 Å². The van der Waals surface area contributed by atoms with Gasteiger partial charge in [0.25, 0.3) is 0 Å². The fraction of sp³-hybridized carbons (Fsp3) is 0.333. The number of benzene rings is 1. The van der Waals surface area contributed by atoms with E-state index in [0.29, 0.717) is 6.67 Å². The number of hydrogen-bond donors (Lipinski definition) is 2. The van der Waals surface area contributed by atoms with Gasteiger partial charge in [-0.05, 0) is 19.1 Å². The third kappa shape index (κ3) is 1.89. The van der Waals surface area contributed by atoms with Gasteiger partial charge in [0, 0.05) is 18.3 Å². The summed E-state index contributed by atoms with van der Waals surface area (Å²) in [5, 5.41) is 9.19. The lowest BCUT2D eigenvalue weighted by molar-refractivity contribution is 0.475. The minimum atomic E-state index is 0.277. The van der Waals surface area contributed by atoms with E-state index < -0.39 is 0 Å². The van der Waals surface area contributed by atoms with Gasteiger partial charge in [-0.2, -0.15) is 0 Å². The Morgan fingerprint density at radius 3 is 2.75 bits per heavy atom. The van der Waals surface area contributed by atoms with E-state index in [1.165, 1.54) is 0 Å². The summed E-state index contributed by atoms with van der Waals surface area (Å²) >= 11 is 0. The fourth-order valence-electron chi connectivity index (χ4n) is 1.11. The van der Waals surface area contributed by atoms with Crippen molar-refractivity contribution in [3.05, 3.63) is 24.3 Å². The van der Waals surface area contributed by atoms with Gasteiger partial charge in [-0.25, -0.2) is 0 Å². The van der Waals surface area contributed by atoms with E-state index in [9.17, 15) is 5.11 Å². The lowest BCUT2D eigenvalue weighted by Crippen LogP contribution is -2.29. The zero-order valence-electron chi connectivity index (χ0n) is 7.20. The number of rotatable bonds is 3. The van der Waals surface area contributed by atoms with Gasteiger partial charge in [0.05, 0.1) is 6.67 Å². The van der Waals surface area contributed by atoms with Crippen LogP contribution >= 0.6 is 0 Å². The van der Waals surface area contributed by atoms with Gasteiger partial charge in [0.15, 0.2) is 0 Å². The van der Waals surface area contributed by atoms with E-state index in [-0.39, 0.29) is 5.75 Å². The molecule has 3 heteroatoms. The maximum absolute atomic E-state index is 9.19. The third-order valence-electron chi connectivity index (χ3n) is 1.80. The molecule has 12 heavy (non-hydrogen) atoms. The number of aromatic hydroxyl groups is 1. The molecule has 1 aromatic carbocycles. The summed E-state index contributed by atoms with van der Waals surface area (Å²) < 4.78 is 0. The van der Waals surface area contributed by atoms with Crippen LogP contribution in [0.1, 0.15) is 6.92 Å². The van der Waals surface area contributed by atoms with Crippen molar-refractivity contribution in [2.45, 2.75) is 6.92 Å². The molecule has 0 aromatic heterocycles. The minimum Gasteiger partial charge on any atom is -0.508 e. The lowest BCUT2D eigenvalue weighted by Gasteiger charge is -2.20. The van der Waals surface area contributed by atoms with Crippen molar-refractivity contribution in [2.24, 2.45) is 5.73 Å². The molecule has 0 amide bonds. The molecule has 0 atom stereocenters. The number of phenols is 1. The Morgan fingerprint density at radius 1 is 1.50 bits per heavy atom. The first kappa shape index (κ1) is 8.87. The zero-order chi connectivity index (χ0) is 8.97. The minimum absolute atomic E-state index is 0.277. The van der Waals surface area contributed by atoms with Crippen LogP contribution in [0.15, 0.2) is 24.3 Å². The second-order valence-corrected chi connectivity index (χ2v) is 2.56. The maximum Gasteiger partial charge on any atom is 0.117 e. The molecule has 0 radical (unpaired) electrons. The molecule has 0 unspecified atom stereocenters. The second-order valence-electron chi connectivity index (χ2n) is 2.56. The molecular weight excluding hydrogens is 152 g/mol. The second kappa shape index (κ2) is 3.97. The van der Waals surface area contributed by atoms with E-state index >= 15 is 0 Å². The van der Waals surface area contributed by atoms with Crippen molar-refractivity contribution in [1.82, 2.24) is 0 Å². The van der Waals surface area contributed by atoms with Crippen LogP contribution in [0.5, 0.6) is 5.75 Å². The number of anilines is 1. The molecule has 0 aliphatic rings. The fourth-order valence-corrected chi connectivity index (χ4v) is 1.11. The Labute approximate surface area is 72.4 Å². The number of phenolic OH excluding ortho intramolecular Hbond substituents is 1. The first-order chi connectivity index (χ1) is 5.77. The lowest BCUT2D eigenvalue weighted by atomic mass is 10.3. The summed E-state index contributed by atoms with van der Waals surface area (Å²) in [4.78, 5) is 1.97. The smallest absolute Gasteiger partial charge is 0.117 e. The first-order valence-electron chi connectivity index (χ1n) is 4.02. The molecule has 0 saturated carbocycles. The summed E-state index contributed by atoms with van der Waals surface area (Å²) in [6, 6.07) is 7.09. The highest BCUT2D eigenvalue weighted by Gasteiger charge is 2.00. The average Bonchev–Trinajstić information content (AvgIpc) is 2.07. The van der Waals surface area contributed by atoms with Crippen LogP contribution in [-0.4, -0.2) is 18.3 Å². The summed E-state index contributed by atoms with van der Waals surface area (Å²) in [6.07, 6.45) is 0. The van der Waals surface area contributed by atoms with Gasteiger partial charge < -0.3 is 15.7 Å². The predicted molar refractivity (Wildman–Crippen MR) is 50.2 cm³/mol. The Morgan fingerprint density at radius 2 is 2.25 bits per heavy atom. The van der Waals surface area contributed by atoms with E-state index in [1.807, 2.05) is 24.0 Å². The van der Waals surface area contributed by atoms with Crippen LogP contribution in [0.4, 0.5) is 5.69 Å². The van der Waals surface area contributed by atoms with Crippen LogP contribution in [0.25, 0.3) is 0 Å². The average molecular weight is 166 g/mol. The predicted octanol–water partition coefficient (Wildman–Crippen LogP) is 1.13. The Hall–Kier alpha value is -1.22. The van der Waals surface area contributed by atoms with Crippen molar-refractivity contribution in [1.29, 1.82) is 0 Å². The summed E-state index contributed by atoms with van der Waals surface area (Å²) in [5.74, 6) is 0.277. The van der Waals surface area contributed by atoms with Gasteiger partial charge in [0.1, 0.15) is 5.75 Å². The van der Waals surface area contributed by atoms with Crippen LogP contribution in [0.2, 0.25) is 0 Å². The van der Waals surface area contributed by atoms with Gasteiger partial charge in [-0.1, -0.05) is 6.07 Å². The summed E-state index contributed by atoms with van der Waals surface area (Å²) in [7, 11) is 0. The largest absolute Gasteiger partial charge is 0.508 e. The maximum atomic E-state index is 9.19. The zero-order valence-corrected chi connectivity index (χ0v) is 7.20. The molecule has 0 bridgehead atoms. The topological polar surface area (TPSA) is 49.5 Å². The van der Waals surface area contributed by atoms with Crippen LogP contribution in [0.3, 0.4) is 0 Å². The molecule has 0 aliphatic heterocycles. The first-order valence-corrected chi connectivity index (χ1v) is 4.02. The SMILES string of the molecule is CCN(CN)c1cccc(O)c1. The monoisotopic (exact) mass is 166 g/mol. The highest BCUT2D eigenvalue weighted by molar-refractivity contribution is 5.49. The highest BCUT2D eigenvalue weighted by Crippen LogP contribution is 2.18. The standard InChI is InChI=1S/C9H14N2O/c1-2-11(7-10)8-4-3-5-9(12)6-8/h3-6,12H,2,7,10H2,1H3. The molecule has 3 N–H and O–H groups in total. The van der Waals surface area contributed by atoms with Gasteiger partial charge in [-0.3, -0.25) is 0 Å². The molecule has 0 heterocycles. The van der Waals surface area contributed by atoms with E-state index in [0.717, 1.165) is 12.2 Å². The Bertz CT molecular complexity index is 246. The number of nitrogens with zero attached hydrogens (tertiary/aromatic N) is 1. The highest BCUT2D eigenvalue weighted by atomic mass is 16.3. The molecule has 0 aliphatic carbocycles. The summed E-state index contributed by atoms with van der Waals surface area (Å²) in [5.41, 5.74) is 6.47. The normalized spacial score (nSPS) is 9.83.